The number of carbonyl (C=O) groups excluding carboxylic acids is 1. The summed E-state index contributed by atoms with van der Waals surface area (Å²) in [5, 5.41) is 21.8. The first-order chi connectivity index (χ1) is 12.7. The number of pyridine rings is 1. The van der Waals surface area contributed by atoms with Crippen molar-refractivity contribution in [3.63, 3.8) is 0 Å². The van der Waals surface area contributed by atoms with Crippen molar-refractivity contribution in [1.29, 1.82) is 0 Å². The van der Waals surface area contributed by atoms with Gasteiger partial charge in [-0.25, -0.2) is 0 Å². The van der Waals surface area contributed by atoms with Gasteiger partial charge in [0.05, 0.1) is 11.7 Å². The molecular formula is C19H21N5O2. The summed E-state index contributed by atoms with van der Waals surface area (Å²) in [6, 6.07) is 13.5. The lowest BCUT2D eigenvalue weighted by Gasteiger charge is -2.34. The molecule has 0 aliphatic carbocycles. The fraction of sp³-hybridized carbons (Fsp3) is 0.368. The standard InChI is InChI=1S/C19H21N5O2/c25-17(12-14-4-2-1-3-5-14)15-8-10-23(11-9-15)19(26)16-6-7-18-20-21-22-24(18)13-16/h1-7,13,15,17,25H,8-12H2. The molecule has 2 aromatic heterocycles. The number of fused-ring (bicyclic) bond motifs is 1. The highest BCUT2D eigenvalue weighted by molar-refractivity contribution is 5.94. The van der Waals surface area contributed by atoms with Gasteiger partial charge in [-0.3, -0.25) is 4.79 Å². The number of piperidine rings is 1. The molecule has 1 unspecified atom stereocenters. The molecule has 1 aliphatic rings. The molecular weight excluding hydrogens is 330 g/mol. The van der Waals surface area contributed by atoms with Crippen LogP contribution in [-0.2, 0) is 6.42 Å². The molecule has 1 aliphatic heterocycles. The van der Waals surface area contributed by atoms with Gasteiger partial charge in [0.1, 0.15) is 0 Å². The average molecular weight is 351 g/mol. The van der Waals surface area contributed by atoms with Crippen molar-refractivity contribution < 1.29 is 9.90 Å². The van der Waals surface area contributed by atoms with Crippen LogP contribution in [0.3, 0.4) is 0 Å². The molecule has 1 atom stereocenters. The second kappa shape index (κ2) is 7.21. The second-order valence-corrected chi connectivity index (χ2v) is 6.79. The number of carbonyl (C=O) groups is 1. The molecule has 1 fully saturated rings. The molecule has 134 valence electrons. The third kappa shape index (κ3) is 3.43. The van der Waals surface area contributed by atoms with E-state index in [2.05, 4.69) is 15.5 Å². The van der Waals surface area contributed by atoms with E-state index in [1.165, 1.54) is 4.52 Å². The van der Waals surface area contributed by atoms with Crippen LogP contribution in [0, 0.1) is 5.92 Å². The highest BCUT2D eigenvalue weighted by Crippen LogP contribution is 2.24. The van der Waals surface area contributed by atoms with E-state index in [9.17, 15) is 9.90 Å². The Hall–Kier alpha value is -2.80. The van der Waals surface area contributed by atoms with Gasteiger partial charge in [-0.15, -0.1) is 5.10 Å². The zero-order chi connectivity index (χ0) is 17.9. The third-order valence-electron chi connectivity index (χ3n) is 5.10. The number of aliphatic hydroxyl groups excluding tert-OH is 1. The molecule has 0 saturated carbocycles. The molecule has 4 rings (SSSR count). The minimum Gasteiger partial charge on any atom is -0.392 e. The van der Waals surface area contributed by atoms with Gasteiger partial charge in [-0.1, -0.05) is 30.3 Å². The Kier molecular flexibility index (Phi) is 4.62. The number of hydrogen-bond donors (Lipinski definition) is 1. The zero-order valence-corrected chi connectivity index (χ0v) is 14.4. The number of benzene rings is 1. The lowest BCUT2D eigenvalue weighted by molar-refractivity contribution is 0.0467. The summed E-state index contributed by atoms with van der Waals surface area (Å²) in [7, 11) is 0. The van der Waals surface area contributed by atoms with Gasteiger partial charge in [0.15, 0.2) is 5.65 Å². The molecule has 1 aromatic carbocycles. The predicted molar refractivity (Wildman–Crippen MR) is 95.6 cm³/mol. The van der Waals surface area contributed by atoms with Gasteiger partial charge in [0, 0.05) is 19.3 Å². The normalized spacial score (nSPS) is 16.7. The molecule has 7 heteroatoms. The Morgan fingerprint density at radius 1 is 1.15 bits per heavy atom. The van der Waals surface area contributed by atoms with E-state index in [0.29, 0.717) is 30.7 Å². The van der Waals surface area contributed by atoms with Crippen molar-refractivity contribution in [2.75, 3.05) is 13.1 Å². The van der Waals surface area contributed by atoms with Gasteiger partial charge < -0.3 is 10.0 Å². The number of aromatic nitrogens is 4. The van der Waals surface area contributed by atoms with Gasteiger partial charge in [-0.2, -0.15) is 4.52 Å². The number of tetrazole rings is 1. The van der Waals surface area contributed by atoms with E-state index in [4.69, 9.17) is 0 Å². The minimum absolute atomic E-state index is 0.0154. The van der Waals surface area contributed by atoms with Crippen LogP contribution in [0.5, 0.6) is 0 Å². The summed E-state index contributed by atoms with van der Waals surface area (Å²) >= 11 is 0. The lowest BCUT2D eigenvalue weighted by atomic mass is 9.88. The van der Waals surface area contributed by atoms with Crippen LogP contribution in [-0.4, -0.2) is 55.1 Å². The summed E-state index contributed by atoms with van der Waals surface area (Å²) in [6.45, 7) is 1.31. The van der Waals surface area contributed by atoms with E-state index < -0.39 is 0 Å². The quantitative estimate of drug-likeness (QED) is 0.771. The van der Waals surface area contributed by atoms with E-state index in [0.717, 1.165) is 18.4 Å². The maximum atomic E-state index is 12.7. The Morgan fingerprint density at radius 2 is 1.92 bits per heavy atom. The van der Waals surface area contributed by atoms with Crippen LogP contribution in [0.4, 0.5) is 0 Å². The van der Waals surface area contributed by atoms with E-state index in [1.807, 2.05) is 35.2 Å². The topological polar surface area (TPSA) is 83.6 Å². The first-order valence-corrected chi connectivity index (χ1v) is 8.90. The van der Waals surface area contributed by atoms with Crippen molar-refractivity contribution in [2.45, 2.75) is 25.4 Å². The van der Waals surface area contributed by atoms with Crippen LogP contribution >= 0.6 is 0 Å². The Balaban J connectivity index is 1.36. The first kappa shape index (κ1) is 16.7. The van der Waals surface area contributed by atoms with Crippen molar-refractivity contribution >= 4 is 11.6 Å². The van der Waals surface area contributed by atoms with Gasteiger partial charge in [-0.05, 0) is 53.3 Å². The number of rotatable bonds is 4. The largest absolute Gasteiger partial charge is 0.392 e. The predicted octanol–water partition coefficient (Wildman–Crippen LogP) is 1.58. The molecule has 3 heterocycles. The summed E-state index contributed by atoms with van der Waals surface area (Å²) in [5.74, 6) is 0.208. The van der Waals surface area contributed by atoms with Crippen LogP contribution < -0.4 is 0 Å². The van der Waals surface area contributed by atoms with Gasteiger partial charge in [0.2, 0.25) is 0 Å². The second-order valence-electron chi connectivity index (χ2n) is 6.79. The summed E-state index contributed by atoms with van der Waals surface area (Å²) in [4.78, 5) is 14.6. The van der Waals surface area contributed by atoms with Gasteiger partial charge in [0.25, 0.3) is 5.91 Å². The van der Waals surface area contributed by atoms with E-state index >= 15 is 0 Å². The van der Waals surface area contributed by atoms with E-state index in [-0.39, 0.29) is 17.9 Å². The maximum Gasteiger partial charge on any atom is 0.255 e. The highest BCUT2D eigenvalue weighted by Gasteiger charge is 2.28. The lowest BCUT2D eigenvalue weighted by Crippen LogP contribution is -2.41. The summed E-state index contributed by atoms with van der Waals surface area (Å²) in [5.41, 5.74) is 2.34. The van der Waals surface area contributed by atoms with Crippen molar-refractivity contribution in [3.8, 4) is 0 Å². The summed E-state index contributed by atoms with van der Waals surface area (Å²) < 4.78 is 1.50. The third-order valence-corrected chi connectivity index (χ3v) is 5.10. The first-order valence-electron chi connectivity index (χ1n) is 8.90. The number of hydrogen-bond acceptors (Lipinski definition) is 5. The smallest absolute Gasteiger partial charge is 0.255 e. The molecule has 1 saturated heterocycles. The van der Waals surface area contributed by atoms with Crippen LogP contribution in [0.2, 0.25) is 0 Å². The molecule has 1 N–H and O–H groups in total. The van der Waals surface area contributed by atoms with Crippen molar-refractivity contribution in [2.24, 2.45) is 5.92 Å². The molecule has 0 radical (unpaired) electrons. The molecule has 1 amide bonds. The highest BCUT2D eigenvalue weighted by atomic mass is 16.3. The molecule has 0 spiro atoms. The number of aliphatic hydroxyl groups is 1. The number of amides is 1. The number of likely N-dealkylation sites (tertiary alicyclic amines) is 1. The molecule has 3 aromatic rings. The SMILES string of the molecule is O=C(c1ccc2nnnn2c1)N1CCC(C(O)Cc2ccccc2)CC1. The summed E-state index contributed by atoms with van der Waals surface area (Å²) in [6.07, 6.45) is 3.58. The molecule has 7 nitrogen and oxygen atoms in total. The Bertz CT molecular complexity index is 887. The molecule has 0 bridgehead atoms. The molecule has 26 heavy (non-hydrogen) atoms. The van der Waals surface area contributed by atoms with Crippen LogP contribution in [0.25, 0.3) is 5.65 Å². The number of nitrogens with zero attached hydrogens (tertiary/aromatic N) is 5. The fourth-order valence-electron chi connectivity index (χ4n) is 3.56. The fourth-order valence-corrected chi connectivity index (χ4v) is 3.56. The maximum absolute atomic E-state index is 12.7. The Morgan fingerprint density at radius 3 is 2.69 bits per heavy atom. The van der Waals surface area contributed by atoms with Crippen molar-refractivity contribution in [1.82, 2.24) is 24.9 Å². The van der Waals surface area contributed by atoms with Crippen LogP contribution in [0.15, 0.2) is 48.7 Å². The van der Waals surface area contributed by atoms with Crippen LogP contribution in [0.1, 0.15) is 28.8 Å². The minimum atomic E-state index is -0.368. The van der Waals surface area contributed by atoms with E-state index in [1.54, 1.807) is 18.3 Å². The Labute approximate surface area is 151 Å². The van der Waals surface area contributed by atoms with Gasteiger partial charge >= 0.3 is 0 Å². The van der Waals surface area contributed by atoms with Crippen molar-refractivity contribution in [3.05, 3.63) is 59.8 Å². The average Bonchev–Trinajstić information content (AvgIpc) is 3.16. The monoisotopic (exact) mass is 351 g/mol. The zero-order valence-electron chi connectivity index (χ0n) is 14.4.